The summed E-state index contributed by atoms with van der Waals surface area (Å²) in [6.45, 7) is 6.26. The Hall–Kier alpha value is -4.14. The van der Waals surface area contributed by atoms with Gasteiger partial charge in [-0.15, -0.1) is 0 Å². The summed E-state index contributed by atoms with van der Waals surface area (Å²) in [5.74, 6) is 0.575. The molecule has 1 unspecified atom stereocenters. The van der Waals surface area contributed by atoms with Gasteiger partial charge in [0, 0.05) is 35.6 Å². The van der Waals surface area contributed by atoms with Gasteiger partial charge in [-0.05, 0) is 45.0 Å². The van der Waals surface area contributed by atoms with Crippen LogP contribution in [0.2, 0.25) is 0 Å². The second-order valence-electron chi connectivity index (χ2n) is 8.70. The minimum Gasteiger partial charge on any atom is -0.486 e. The van der Waals surface area contributed by atoms with Crippen LogP contribution in [0.5, 0.6) is 11.5 Å². The minimum absolute atomic E-state index is 0.186. The molecule has 5 rings (SSSR count). The third kappa shape index (κ3) is 4.25. The molecule has 0 aliphatic carbocycles. The average molecular weight is 475 g/mol. The number of fused-ring (bicyclic) bond motifs is 2. The van der Waals surface area contributed by atoms with Crippen LogP contribution in [0.4, 0.5) is 0 Å². The number of rotatable bonds is 6. The first-order valence-corrected chi connectivity index (χ1v) is 11.4. The summed E-state index contributed by atoms with van der Waals surface area (Å²) in [6, 6.07) is 11.1. The molecule has 0 saturated heterocycles. The van der Waals surface area contributed by atoms with Crippen molar-refractivity contribution in [1.29, 1.82) is 0 Å². The van der Waals surface area contributed by atoms with Gasteiger partial charge in [0.15, 0.2) is 29.9 Å². The zero-order valence-corrected chi connectivity index (χ0v) is 20.1. The predicted octanol–water partition coefficient (Wildman–Crippen LogP) is 3.57. The molecular formula is C26H26N4O5. The first-order chi connectivity index (χ1) is 16.8. The lowest BCUT2D eigenvalue weighted by Gasteiger charge is -2.27. The molecule has 4 aromatic rings. The highest BCUT2D eigenvalue weighted by molar-refractivity contribution is 6.01. The second kappa shape index (κ2) is 8.90. The number of ketones is 1. The number of carbonyl (C=O) groups is 2. The molecule has 0 bridgehead atoms. The summed E-state index contributed by atoms with van der Waals surface area (Å²) in [5, 5.41) is 5.08. The number of hydrogen-bond donors (Lipinski definition) is 0. The van der Waals surface area contributed by atoms with Gasteiger partial charge in [-0.25, -0.2) is 9.78 Å². The number of para-hydroxylation sites is 2. The molecule has 0 saturated carbocycles. The van der Waals surface area contributed by atoms with E-state index in [1.54, 1.807) is 17.8 Å². The van der Waals surface area contributed by atoms with Gasteiger partial charge in [0.05, 0.1) is 17.8 Å². The van der Waals surface area contributed by atoms with Crippen molar-refractivity contribution in [2.24, 2.45) is 7.05 Å². The first kappa shape index (κ1) is 22.6. The third-order valence-electron chi connectivity index (χ3n) is 6.26. The summed E-state index contributed by atoms with van der Waals surface area (Å²) in [7, 11) is 1.79. The lowest BCUT2D eigenvalue weighted by atomic mass is 10.1. The van der Waals surface area contributed by atoms with E-state index in [1.807, 2.05) is 55.7 Å². The Morgan fingerprint density at radius 3 is 2.71 bits per heavy atom. The SMILES string of the molecule is Cc1nn(C)c2ncc(C(=O)OCC(=O)c3cc(C)n(CC4COc5ccccc5O4)c3C)cc12. The van der Waals surface area contributed by atoms with Gasteiger partial charge in [-0.3, -0.25) is 9.48 Å². The van der Waals surface area contributed by atoms with E-state index in [-0.39, 0.29) is 24.1 Å². The topological polar surface area (TPSA) is 97.5 Å². The molecule has 1 atom stereocenters. The quantitative estimate of drug-likeness (QED) is 0.311. The largest absolute Gasteiger partial charge is 0.486 e. The van der Waals surface area contributed by atoms with Crippen LogP contribution in [0.15, 0.2) is 42.6 Å². The summed E-state index contributed by atoms with van der Waals surface area (Å²) in [5.41, 5.74) is 3.95. The average Bonchev–Trinajstić information content (AvgIpc) is 3.31. The lowest BCUT2D eigenvalue weighted by molar-refractivity contribution is 0.0474. The number of carbonyl (C=O) groups excluding carboxylic acids is 2. The first-order valence-electron chi connectivity index (χ1n) is 11.4. The van der Waals surface area contributed by atoms with Crippen molar-refractivity contribution in [3.8, 4) is 11.5 Å². The molecule has 180 valence electrons. The fourth-order valence-electron chi connectivity index (χ4n) is 4.43. The lowest BCUT2D eigenvalue weighted by Crippen LogP contribution is -2.33. The molecule has 0 fully saturated rings. The molecule has 3 aromatic heterocycles. The molecule has 1 aliphatic rings. The molecular weight excluding hydrogens is 448 g/mol. The molecule has 4 heterocycles. The van der Waals surface area contributed by atoms with Crippen molar-refractivity contribution < 1.29 is 23.8 Å². The maximum Gasteiger partial charge on any atom is 0.340 e. The van der Waals surface area contributed by atoms with Crippen molar-refractivity contribution in [1.82, 2.24) is 19.3 Å². The molecule has 9 nitrogen and oxygen atoms in total. The number of esters is 1. The third-order valence-corrected chi connectivity index (χ3v) is 6.26. The van der Waals surface area contributed by atoms with Crippen LogP contribution in [0.1, 0.15) is 37.8 Å². The van der Waals surface area contributed by atoms with Gasteiger partial charge in [-0.1, -0.05) is 12.1 Å². The summed E-state index contributed by atoms with van der Waals surface area (Å²) in [6.07, 6.45) is 1.25. The Labute approximate surface area is 202 Å². The van der Waals surface area contributed by atoms with Crippen molar-refractivity contribution in [2.75, 3.05) is 13.2 Å². The normalized spacial score (nSPS) is 14.8. The molecule has 0 N–H and O–H groups in total. The van der Waals surface area contributed by atoms with Gasteiger partial charge < -0.3 is 18.8 Å². The number of aromatic nitrogens is 4. The number of aryl methyl sites for hydroxylation is 3. The number of Topliss-reactive ketones (excluding diaryl/α,β-unsaturated/α-hetero) is 1. The zero-order valence-electron chi connectivity index (χ0n) is 20.1. The van der Waals surface area contributed by atoms with E-state index >= 15 is 0 Å². The monoisotopic (exact) mass is 474 g/mol. The number of hydrogen-bond acceptors (Lipinski definition) is 7. The fourth-order valence-corrected chi connectivity index (χ4v) is 4.43. The highest BCUT2D eigenvalue weighted by Gasteiger charge is 2.24. The minimum atomic E-state index is -0.601. The van der Waals surface area contributed by atoms with Gasteiger partial charge in [-0.2, -0.15) is 5.10 Å². The van der Waals surface area contributed by atoms with Gasteiger partial charge in [0.2, 0.25) is 5.78 Å². The van der Waals surface area contributed by atoms with Crippen molar-refractivity contribution in [3.05, 3.63) is 70.8 Å². The summed E-state index contributed by atoms with van der Waals surface area (Å²) < 4.78 is 20.9. The van der Waals surface area contributed by atoms with Crippen LogP contribution in [-0.2, 0) is 18.3 Å². The molecule has 1 aliphatic heterocycles. The highest BCUT2D eigenvalue weighted by atomic mass is 16.6. The standard InChI is InChI=1S/C26H26N4O5/c1-15-9-21(17(3)30(15)12-19-13-33-23-7-5-6-8-24(23)35-19)22(31)14-34-26(32)18-10-20-16(2)28-29(4)25(20)27-11-18/h5-11,19H,12-14H2,1-4H3. The molecule has 0 radical (unpaired) electrons. The Morgan fingerprint density at radius 1 is 1.14 bits per heavy atom. The number of benzene rings is 1. The smallest absolute Gasteiger partial charge is 0.340 e. The van der Waals surface area contributed by atoms with Gasteiger partial charge in [0.25, 0.3) is 0 Å². The second-order valence-corrected chi connectivity index (χ2v) is 8.70. The van der Waals surface area contributed by atoms with Crippen molar-refractivity contribution >= 4 is 22.8 Å². The van der Waals surface area contributed by atoms with E-state index in [9.17, 15) is 9.59 Å². The highest BCUT2D eigenvalue weighted by Crippen LogP contribution is 2.31. The molecule has 35 heavy (non-hydrogen) atoms. The van der Waals surface area contributed by atoms with Crippen molar-refractivity contribution in [3.63, 3.8) is 0 Å². The zero-order chi connectivity index (χ0) is 24.7. The van der Waals surface area contributed by atoms with E-state index in [0.717, 1.165) is 28.2 Å². The van der Waals surface area contributed by atoms with E-state index in [1.165, 1.54) is 6.20 Å². The Balaban J connectivity index is 1.25. The molecule has 1 aromatic carbocycles. The predicted molar refractivity (Wildman–Crippen MR) is 128 cm³/mol. The van der Waals surface area contributed by atoms with Crippen LogP contribution in [0, 0.1) is 20.8 Å². The van der Waals surface area contributed by atoms with Crippen LogP contribution < -0.4 is 9.47 Å². The summed E-state index contributed by atoms with van der Waals surface area (Å²) >= 11 is 0. The fraction of sp³-hybridized carbons (Fsp3) is 0.308. The molecule has 0 amide bonds. The Kier molecular flexibility index (Phi) is 5.76. The van der Waals surface area contributed by atoms with E-state index in [2.05, 4.69) is 10.1 Å². The van der Waals surface area contributed by atoms with Gasteiger partial charge >= 0.3 is 5.97 Å². The number of ether oxygens (including phenoxy) is 3. The number of pyridine rings is 1. The maximum absolute atomic E-state index is 12.9. The summed E-state index contributed by atoms with van der Waals surface area (Å²) in [4.78, 5) is 29.8. The Morgan fingerprint density at radius 2 is 1.91 bits per heavy atom. The van der Waals surface area contributed by atoms with E-state index < -0.39 is 5.97 Å². The van der Waals surface area contributed by atoms with Crippen LogP contribution in [-0.4, -0.2) is 50.4 Å². The maximum atomic E-state index is 12.9. The van der Waals surface area contributed by atoms with Gasteiger partial charge in [0.1, 0.15) is 6.61 Å². The van der Waals surface area contributed by atoms with Crippen LogP contribution in [0.3, 0.4) is 0 Å². The molecule has 9 heteroatoms. The van der Waals surface area contributed by atoms with Crippen LogP contribution in [0.25, 0.3) is 11.0 Å². The number of nitrogens with zero attached hydrogens (tertiary/aromatic N) is 4. The molecule has 0 spiro atoms. The van der Waals surface area contributed by atoms with Crippen LogP contribution >= 0.6 is 0 Å². The van der Waals surface area contributed by atoms with E-state index in [4.69, 9.17) is 14.2 Å². The van der Waals surface area contributed by atoms with E-state index in [0.29, 0.717) is 30.1 Å². The Bertz CT molecular complexity index is 1450. The van der Waals surface area contributed by atoms with Crippen molar-refractivity contribution in [2.45, 2.75) is 33.4 Å².